The average molecular weight is 342 g/mol. The van der Waals surface area contributed by atoms with Gasteiger partial charge in [-0.1, -0.05) is 0 Å². The molecule has 130 valence electrons. The first-order chi connectivity index (χ1) is 11.0. The number of nitrogens with one attached hydrogen (secondary N) is 2. The molecular formula is C15H26N4O3S. The van der Waals surface area contributed by atoms with Crippen molar-refractivity contribution >= 4 is 16.0 Å². The molecule has 23 heavy (non-hydrogen) atoms. The van der Waals surface area contributed by atoms with Crippen molar-refractivity contribution in [2.24, 2.45) is 10.9 Å². The summed E-state index contributed by atoms with van der Waals surface area (Å²) in [4.78, 5) is 4.20. The molecule has 8 heteroatoms. The van der Waals surface area contributed by atoms with E-state index < -0.39 is 10.0 Å². The van der Waals surface area contributed by atoms with Crippen LogP contribution in [0.15, 0.2) is 27.8 Å². The van der Waals surface area contributed by atoms with Gasteiger partial charge in [-0.25, -0.2) is 12.7 Å². The van der Waals surface area contributed by atoms with E-state index >= 15 is 0 Å². The second-order valence-electron chi connectivity index (χ2n) is 5.81. The average Bonchev–Trinajstić information content (AvgIpc) is 3.03. The van der Waals surface area contributed by atoms with Crippen molar-refractivity contribution in [3.05, 3.63) is 24.2 Å². The zero-order chi connectivity index (χ0) is 16.7. The molecule has 0 aromatic carbocycles. The van der Waals surface area contributed by atoms with Crippen LogP contribution in [0.5, 0.6) is 0 Å². The molecule has 0 amide bonds. The van der Waals surface area contributed by atoms with Gasteiger partial charge in [0.15, 0.2) is 5.96 Å². The molecule has 0 atom stereocenters. The summed E-state index contributed by atoms with van der Waals surface area (Å²) in [7, 11) is -1.31. The fraction of sp³-hybridized carbons (Fsp3) is 0.667. The highest BCUT2D eigenvalue weighted by Gasteiger charge is 2.24. The number of guanidine groups is 1. The highest BCUT2D eigenvalue weighted by atomic mass is 32.2. The van der Waals surface area contributed by atoms with Crippen molar-refractivity contribution in [1.82, 2.24) is 14.9 Å². The molecule has 1 aliphatic rings. The molecule has 0 spiro atoms. The Kier molecular flexibility index (Phi) is 6.47. The molecule has 0 saturated carbocycles. The van der Waals surface area contributed by atoms with Gasteiger partial charge >= 0.3 is 0 Å². The van der Waals surface area contributed by atoms with E-state index in [9.17, 15) is 8.42 Å². The molecule has 1 aromatic rings. The van der Waals surface area contributed by atoms with E-state index in [0.717, 1.165) is 44.1 Å². The molecule has 7 nitrogen and oxygen atoms in total. The van der Waals surface area contributed by atoms with Gasteiger partial charge in [-0.15, -0.1) is 0 Å². The van der Waals surface area contributed by atoms with E-state index in [0.29, 0.717) is 19.0 Å². The van der Waals surface area contributed by atoms with Crippen molar-refractivity contribution in [3.63, 3.8) is 0 Å². The first kappa shape index (κ1) is 17.8. The van der Waals surface area contributed by atoms with Crippen LogP contribution in [0.25, 0.3) is 0 Å². The molecule has 2 heterocycles. The van der Waals surface area contributed by atoms with Crippen LogP contribution < -0.4 is 10.6 Å². The van der Waals surface area contributed by atoms with E-state index in [2.05, 4.69) is 15.6 Å². The molecule has 1 aromatic heterocycles. The lowest BCUT2D eigenvalue weighted by molar-refractivity contribution is 0.275. The molecule has 1 saturated heterocycles. The smallest absolute Gasteiger partial charge is 0.211 e. The minimum absolute atomic E-state index is 0.469. The van der Waals surface area contributed by atoms with E-state index in [1.54, 1.807) is 17.6 Å². The maximum Gasteiger partial charge on any atom is 0.211 e. The summed E-state index contributed by atoms with van der Waals surface area (Å²) in [5, 5.41) is 6.57. The SMILES string of the molecule is CN=C(NCCc1ccco1)NCC1CCN(S(C)(=O)=O)CC1. The van der Waals surface area contributed by atoms with Crippen LogP contribution >= 0.6 is 0 Å². The minimum Gasteiger partial charge on any atom is -0.469 e. The van der Waals surface area contributed by atoms with Crippen molar-refractivity contribution < 1.29 is 12.8 Å². The van der Waals surface area contributed by atoms with Gasteiger partial charge < -0.3 is 15.1 Å². The Balaban J connectivity index is 1.66. The van der Waals surface area contributed by atoms with Crippen molar-refractivity contribution in [2.45, 2.75) is 19.3 Å². The maximum absolute atomic E-state index is 11.5. The molecule has 0 aliphatic carbocycles. The third-order valence-corrected chi connectivity index (χ3v) is 5.37. The predicted molar refractivity (Wildman–Crippen MR) is 90.9 cm³/mol. The summed E-state index contributed by atoms with van der Waals surface area (Å²) in [5.41, 5.74) is 0. The fourth-order valence-corrected chi connectivity index (χ4v) is 3.54. The number of aliphatic imine (C=N–C) groups is 1. The van der Waals surface area contributed by atoms with Crippen LogP contribution in [0.3, 0.4) is 0 Å². The molecule has 0 bridgehead atoms. The molecule has 2 N–H and O–H groups in total. The van der Waals surface area contributed by atoms with Crippen LogP contribution in [0.2, 0.25) is 0 Å². The van der Waals surface area contributed by atoms with E-state index in [1.807, 2.05) is 12.1 Å². The quantitative estimate of drug-likeness (QED) is 0.586. The standard InChI is InChI=1S/C15H26N4O3S/c1-16-15(17-8-5-14-4-3-11-22-14)18-12-13-6-9-19(10-7-13)23(2,20)21/h3-4,11,13H,5-10,12H2,1-2H3,(H2,16,17,18). The molecule has 0 unspecified atom stereocenters. The number of rotatable bonds is 6. The molecule has 2 rings (SSSR count). The Morgan fingerprint density at radius 1 is 1.39 bits per heavy atom. The second kappa shape index (κ2) is 8.35. The molecular weight excluding hydrogens is 316 g/mol. The number of hydrogen-bond acceptors (Lipinski definition) is 4. The zero-order valence-corrected chi connectivity index (χ0v) is 14.6. The van der Waals surface area contributed by atoms with Crippen molar-refractivity contribution in [3.8, 4) is 0 Å². The van der Waals surface area contributed by atoms with Crippen LogP contribution in [-0.2, 0) is 16.4 Å². The zero-order valence-electron chi connectivity index (χ0n) is 13.8. The van der Waals surface area contributed by atoms with Gasteiger partial charge in [0.25, 0.3) is 0 Å². The Hall–Kier alpha value is -1.54. The summed E-state index contributed by atoms with van der Waals surface area (Å²) < 4.78 is 29.8. The number of furan rings is 1. The lowest BCUT2D eigenvalue weighted by atomic mass is 9.98. The summed E-state index contributed by atoms with van der Waals surface area (Å²) in [6.45, 7) is 2.77. The first-order valence-corrected chi connectivity index (χ1v) is 9.76. The van der Waals surface area contributed by atoms with Gasteiger partial charge in [-0.3, -0.25) is 4.99 Å². The van der Waals surface area contributed by atoms with Gasteiger partial charge in [0.1, 0.15) is 5.76 Å². The molecule has 0 radical (unpaired) electrons. The fourth-order valence-electron chi connectivity index (χ4n) is 2.67. The van der Waals surface area contributed by atoms with E-state index in [-0.39, 0.29) is 0 Å². The Bertz CT molecular complexity index is 590. The van der Waals surface area contributed by atoms with Crippen molar-refractivity contribution in [2.75, 3.05) is 39.5 Å². The lowest BCUT2D eigenvalue weighted by Crippen LogP contribution is -2.44. The third-order valence-electron chi connectivity index (χ3n) is 4.07. The van der Waals surface area contributed by atoms with Gasteiger partial charge in [-0.2, -0.15) is 0 Å². The van der Waals surface area contributed by atoms with Crippen LogP contribution in [-0.4, -0.2) is 58.2 Å². The topological polar surface area (TPSA) is 86.9 Å². The number of sulfonamides is 1. The van der Waals surface area contributed by atoms with Crippen LogP contribution in [0, 0.1) is 5.92 Å². The third kappa shape index (κ3) is 5.87. The first-order valence-electron chi connectivity index (χ1n) is 7.91. The molecule has 1 aliphatic heterocycles. The number of piperidine rings is 1. The number of hydrogen-bond donors (Lipinski definition) is 2. The summed E-state index contributed by atoms with van der Waals surface area (Å²) in [5.74, 6) is 2.18. The monoisotopic (exact) mass is 342 g/mol. The van der Waals surface area contributed by atoms with E-state index in [4.69, 9.17) is 4.42 Å². The summed E-state index contributed by atoms with van der Waals surface area (Å²) in [6.07, 6.45) is 5.51. The predicted octanol–water partition coefficient (Wildman–Crippen LogP) is 0.659. The summed E-state index contributed by atoms with van der Waals surface area (Å²) in [6, 6.07) is 3.83. The Labute approximate surface area is 138 Å². The summed E-state index contributed by atoms with van der Waals surface area (Å²) >= 11 is 0. The van der Waals surface area contributed by atoms with Gasteiger partial charge in [-0.05, 0) is 30.9 Å². The lowest BCUT2D eigenvalue weighted by Gasteiger charge is -2.30. The highest BCUT2D eigenvalue weighted by Crippen LogP contribution is 2.18. The Morgan fingerprint density at radius 2 is 2.13 bits per heavy atom. The van der Waals surface area contributed by atoms with Gasteiger partial charge in [0, 0.05) is 39.6 Å². The Morgan fingerprint density at radius 3 is 2.70 bits per heavy atom. The largest absolute Gasteiger partial charge is 0.469 e. The van der Waals surface area contributed by atoms with E-state index in [1.165, 1.54) is 6.26 Å². The van der Waals surface area contributed by atoms with Gasteiger partial charge in [0.05, 0.1) is 12.5 Å². The van der Waals surface area contributed by atoms with Crippen LogP contribution in [0.4, 0.5) is 0 Å². The number of nitrogens with zero attached hydrogens (tertiary/aromatic N) is 2. The highest BCUT2D eigenvalue weighted by molar-refractivity contribution is 7.88. The van der Waals surface area contributed by atoms with Crippen molar-refractivity contribution in [1.29, 1.82) is 0 Å². The second-order valence-corrected chi connectivity index (χ2v) is 7.80. The molecule has 1 fully saturated rings. The van der Waals surface area contributed by atoms with Crippen LogP contribution in [0.1, 0.15) is 18.6 Å². The van der Waals surface area contributed by atoms with Gasteiger partial charge in [0.2, 0.25) is 10.0 Å². The minimum atomic E-state index is -3.05. The maximum atomic E-state index is 11.5. The normalized spacial score (nSPS) is 18.1.